The molecule has 1 aliphatic carbocycles. The van der Waals surface area contributed by atoms with E-state index in [9.17, 15) is 9.90 Å². The van der Waals surface area contributed by atoms with Crippen LogP contribution in [0.1, 0.15) is 52.0 Å². The fourth-order valence-corrected chi connectivity index (χ4v) is 5.05. The number of aliphatic hydroxyl groups excluding tert-OH is 1. The Hall–Kier alpha value is -3.75. The molecule has 0 bridgehead atoms. The molecule has 36 heavy (non-hydrogen) atoms. The van der Waals surface area contributed by atoms with Crippen LogP contribution in [0.4, 0.5) is 5.13 Å². The normalized spacial score (nSPS) is 13.2. The van der Waals surface area contributed by atoms with Crippen LogP contribution >= 0.6 is 11.3 Å². The second-order valence-electron chi connectivity index (χ2n) is 8.89. The van der Waals surface area contributed by atoms with Gasteiger partial charge < -0.3 is 5.11 Å². The quantitative estimate of drug-likeness (QED) is 0.307. The van der Waals surface area contributed by atoms with E-state index < -0.39 is 12.0 Å². The molecule has 2 N–H and O–H groups in total. The predicted molar refractivity (Wildman–Crippen MR) is 140 cm³/mol. The number of unbranched alkanes of at least 4 members (excludes halogenated alkanes) is 1. The van der Waals surface area contributed by atoms with E-state index in [4.69, 9.17) is 0 Å². The maximum Gasteiger partial charge on any atom is 0.259 e. The van der Waals surface area contributed by atoms with Crippen molar-refractivity contribution in [2.45, 2.75) is 44.6 Å². The average molecular weight is 498 g/mol. The Labute approximate surface area is 214 Å². The van der Waals surface area contributed by atoms with Gasteiger partial charge in [0.1, 0.15) is 5.01 Å². The largest absolute Gasteiger partial charge is 0.378 e. The number of nitrogens with zero attached hydrogens (tertiary/aromatic N) is 4. The maximum absolute atomic E-state index is 12.3. The van der Waals surface area contributed by atoms with Crippen molar-refractivity contribution < 1.29 is 9.90 Å². The highest BCUT2D eigenvalue weighted by molar-refractivity contribution is 7.15. The highest BCUT2D eigenvalue weighted by atomic mass is 32.1. The second kappa shape index (κ2) is 11.3. The van der Waals surface area contributed by atoms with E-state index in [0.29, 0.717) is 10.7 Å². The minimum atomic E-state index is -1.24. The lowest BCUT2D eigenvalue weighted by atomic mass is 10.0. The van der Waals surface area contributed by atoms with Crippen LogP contribution in [0.25, 0.3) is 6.08 Å². The van der Waals surface area contributed by atoms with Crippen LogP contribution in [0.5, 0.6) is 0 Å². The van der Waals surface area contributed by atoms with Crippen molar-refractivity contribution in [1.82, 2.24) is 20.4 Å². The summed E-state index contributed by atoms with van der Waals surface area (Å²) in [6, 6.07) is 21.5. The van der Waals surface area contributed by atoms with Crippen LogP contribution < -0.4 is 5.32 Å². The summed E-state index contributed by atoms with van der Waals surface area (Å²) in [5.74, 6) is -0.514. The zero-order valence-electron chi connectivity index (χ0n) is 19.8. The monoisotopic (exact) mass is 497 g/mol. The van der Waals surface area contributed by atoms with Gasteiger partial charge in [-0.05, 0) is 48.4 Å². The van der Waals surface area contributed by atoms with Crippen molar-refractivity contribution in [1.29, 1.82) is 0 Å². The van der Waals surface area contributed by atoms with Crippen molar-refractivity contribution in [3.63, 3.8) is 0 Å². The molecule has 1 amide bonds. The molecule has 5 rings (SSSR count). The Morgan fingerprint density at radius 3 is 2.50 bits per heavy atom. The lowest BCUT2D eigenvalue weighted by Crippen LogP contribution is -2.20. The minimum absolute atomic E-state index is 0.396. The van der Waals surface area contributed by atoms with Gasteiger partial charge in [0.25, 0.3) is 5.91 Å². The zero-order chi connectivity index (χ0) is 24.7. The standard InChI is InChI=1S/C28H27N5O2S/c34-26(21-11-5-2-6-12-21)27(35)29-28-33-32-25(36-28)14-8-7-13-23-18-22-16-20(17-24(22)31-30-23)15-19-9-3-1-4-10-19/h1-6,9-12,16,18,26,34H,7-8,13-15,17H2,(H,29,33,35)/t26-/m1/s1. The number of aliphatic hydroxyl groups is 1. The van der Waals surface area contributed by atoms with E-state index in [1.807, 2.05) is 12.1 Å². The van der Waals surface area contributed by atoms with Crippen LogP contribution in [0.2, 0.25) is 0 Å². The Morgan fingerprint density at radius 2 is 1.69 bits per heavy atom. The van der Waals surface area contributed by atoms with Crippen molar-refractivity contribution in [2.75, 3.05) is 5.32 Å². The van der Waals surface area contributed by atoms with Crippen molar-refractivity contribution in [2.24, 2.45) is 0 Å². The SMILES string of the molecule is O=C(Nc1nnc(CCCCc2cc3c(nn2)CC(Cc2ccccc2)=C3)s1)[C@H](O)c1ccccc1. The molecule has 4 aromatic rings. The third-order valence-electron chi connectivity index (χ3n) is 6.12. The molecule has 0 radical (unpaired) electrons. The molecular weight excluding hydrogens is 470 g/mol. The highest BCUT2D eigenvalue weighted by Crippen LogP contribution is 2.26. The van der Waals surface area contributed by atoms with Crippen LogP contribution in [0.3, 0.4) is 0 Å². The first-order valence-electron chi connectivity index (χ1n) is 12.1. The van der Waals surface area contributed by atoms with Crippen molar-refractivity contribution >= 4 is 28.5 Å². The molecule has 2 heterocycles. The average Bonchev–Trinajstić information content (AvgIpc) is 3.53. The molecule has 2 aromatic heterocycles. The Morgan fingerprint density at radius 1 is 0.944 bits per heavy atom. The fourth-order valence-electron chi connectivity index (χ4n) is 4.26. The number of aryl methyl sites for hydroxylation is 2. The summed E-state index contributed by atoms with van der Waals surface area (Å²) in [5, 5.41) is 31.2. The summed E-state index contributed by atoms with van der Waals surface area (Å²) in [5.41, 5.74) is 6.48. The summed E-state index contributed by atoms with van der Waals surface area (Å²) in [6.45, 7) is 0. The molecule has 182 valence electrons. The van der Waals surface area contributed by atoms with E-state index in [1.54, 1.807) is 24.3 Å². The molecule has 0 aliphatic heterocycles. The summed E-state index contributed by atoms with van der Waals surface area (Å²) < 4.78 is 0. The summed E-state index contributed by atoms with van der Waals surface area (Å²) in [4.78, 5) is 12.3. The predicted octanol–water partition coefficient (Wildman–Crippen LogP) is 4.75. The third kappa shape index (κ3) is 6.08. The number of rotatable bonds is 10. The van der Waals surface area contributed by atoms with Gasteiger partial charge in [-0.1, -0.05) is 83.6 Å². The molecule has 0 saturated heterocycles. The van der Waals surface area contributed by atoms with E-state index in [2.05, 4.69) is 62.1 Å². The lowest BCUT2D eigenvalue weighted by molar-refractivity contribution is -0.124. The first-order chi connectivity index (χ1) is 17.6. The van der Waals surface area contributed by atoms with Crippen LogP contribution in [0.15, 0.2) is 72.3 Å². The molecular formula is C28H27N5O2S. The Bertz CT molecular complexity index is 1350. The number of aromatic nitrogens is 4. The number of amides is 1. The number of carbonyl (C=O) groups is 1. The first kappa shape index (κ1) is 24.0. The van der Waals surface area contributed by atoms with Gasteiger partial charge >= 0.3 is 0 Å². The number of hydrogen-bond donors (Lipinski definition) is 2. The van der Waals surface area contributed by atoms with E-state index >= 15 is 0 Å². The third-order valence-corrected chi connectivity index (χ3v) is 7.02. The van der Waals surface area contributed by atoms with Crippen LogP contribution in [-0.2, 0) is 30.5 Å². The lowest BCUT2D eigenvalue weighted by Gasteiger charge is -2.09. The molecule has 1 atom stereocenters. The van der Waals surface area contributed by atoms with E-state index in [1.165, 1.54) is 28.0 Å². The number of anilines is 1. The topological polar surface area (TPSA) is 101 Å². The van der Waals surface area contributed by atoms with Gasteiger partial charge in [-0.25, -0.2) is 0 Å². The molecule has 2 aromatic carbocycles. The Balaban J connectivity index is 1.08. The van der Waals surface area contributed by atoms with Gasteiger partial charge in [0.05, 0.1) is 11.4 Å². The van der Waals surface area contributed by atoms with E-state index in [-0.39, 0.29) is 0 Å². The second-order valence-corrected chi connectivity index (χ2v) is 9.95. The number of benzene rings is 2. The summed E-state index contributed by atoms with van der Waals surface area (Å²) >= 11 is 1.34. The van der Waals surface area contributed by atoms with E-state index in [0.717, 1.165) is 54.9 Å². The van der Waals surface area contributed by atoms with Gasteiger partial charge in [0, 0.05) is 12.8 Å². The molecule has 0 fully saturated rings. The molecule has 0 saturated carbocycles. The van der Waals surface area contributed by atoms with Gasteiger partial charge in [0.2, 0.25) is 5.13 Å². The fraction of sp³-hybridized carbons (Fsp3) is 0.250. The number of carbonyl (C=O) groups excluding carboxylic acids is 1. The molecule has 1 aliphatic rings. The smallest absolute Gasteiger partial charge is 0.259 e. The van der Waals surface area contributed by atoms with Crippen molar-refractivity contribution in [3.8, 4) is 0 Å². The molecule has 8 heteroatoms. The van der Waals surface area contributed by atoms with Gasteiger partial charge in [-0.2, -0.15) is 10.2 Å². The molecule has 7 nitrogen and oxygen atoms in total. The maximum atomic E-state index is 12.3. The van der Waals surface area contributed by atoms with Gasteiger partial charge in [-0.15, -0.1) is 10.2 Å². The number of hydrogen-bond acceptors (Lipinski definition) is 7. The molecule has 0 spiro atoms. The van der Waals surface area contributed by atoms with Crippen LogP contribution in [-0.4, -0.2) is 31.4 Å². The first-order valence-corrected chi connectivity index (χ1v) is 12.9. The number of nitrogens with one attached hydrogen (secondary N) is 1. The Kier molecular flexibility index (Phi) is 7.54. The van der Waals surface area contributed by atoms with Crippen LogP contribution in [0, 0.1) is 0 Å². The number of fused-ring (bicyclic) bond motifs is 1. The summed E-state index contributed by atoms with van der Waals surface area (Å²) in [6.07, 6.45) is 6.36. The number of allylic oxidation sites excluding steroid dienone is 1. The minimum Gasteiger partial charge on any atom is -0.378 e. The highest BCUT2D eigenvalue weighted by Gasteiger charge is 2.19. The zero-order valence-corrected chi connectivity index (χ0v) is 20.6. The molecule has 0 unspecified atom stereocenters. The van der Waals surface area contributed by atoms with Gasteiger partial charge in [-0.3, -0.25) is 10.1 Å². The summed E-state index contributed by atoms with van der Waals surface area (Å²) in [7, 11) is 0. The van der Waals surface area contributed by atoms with Crippen molar-refractivity contribution in [3.05, 3.63) is 105 Å². The van der Waals surface area contributed by atoms with Gasteiger partial charge in [0.15, 0.2) is 6.10 Å².